The summed E-state index contributed by atoms with van der Waals surface area (Å²) in [5.74, 6) is 0. The van der Waals surface area contributed by atoms with Gasteiger partial charge in [-0.05, 0) is 70.8 Å². The minimum Gasteiger partial charge on any atom is -0.354 e. The molecule has 0 unspecified atom stereocenters. The lowest BCUT2D eigenvalue weighted by molar-refractivity contribution is 1.51. The zero-order valence-corrected chi connectivity index (χ0v) is 35.0. The van der Waals surface area contributed by atoms with Crippen LogP contribution >= 0.6 is 0 Å². The maximum absolute atomic E-state index is 3.99. The molecule has 0 saturated carbocycles. The monoisotopic (exact) mass is 827 g/mol. The Kier molecular flexibility index (Phi) is 6.89. The molecular formula is C60H37N5. The average molecular weight is 828 g/mol. The van der Waals surface area contributed by atoms with Gasteiger partial charge < -0.3 is 24.9 Å². The predicted molar refractivity (Wildman–Crippen MR) is 275 cm³/mol. The van der Waals surface area contributed by atoms with E-state index in [4.69, 9.17) is 0 Å². The molecule has 65 heavy (non-hydrogen) atoms. The smallest absolute Gasteiger partial charge is 0.0544 e. The summed E-state index contributed by atoms with van der Waals surface area (Å²) in [6.07, 6.45) is 0. The Morgan fingerprint density at radius 3 is 0.738 bits per heavy atom. The van der Waals surface area contributed by atoms with Crippen LogP contribution in [0, 0.1) is 0 Å². The Morgan fingerprint density at radius 1 is 0.169 bits per heavy atom. The van der Waals surface area contributed by atoms with E-state index in [1.807, 2.05) is 0 Å². The number of aromatic amines is 5. The minimum absolute atomic E-state index is 1.09. The van der Waals surface area contributed by atoms with Crippen LogP contribution in [0.4, 0.5) is 0 Å². The van der Waals surface area contributed by atoms with Crippen molar-refractivity contribution in [1.29, 1.82) is 0 Å². The number of hydrogen-bond donors (Lipinski definition) is 5. The molecule has 0 aliphatic carbocycles. The van der Waals surface area contributed by atoms with E-state index in [1.54, 1.807) is 0 Å². The zero-order chi connectivity index (χ0) is 42.3. The van der Waals surface area contributed by atoms with Gasteiger partial charge in [-0.15, -0.1) is 0 Å². The van der Waals surface area contributed by atoms with Crippen LogP contribution in [0.1, 0.15) is 0 Å². The number of aromatic nitrogens is 5. The van der Waals surface area contributed by atoms with Gasteiger partial charge in [-0.3, -0.25) is 0 Å². The molecule has 0 fully saturated rings. The summed E-state index contributed by atoms with van der Waals surface area (Å²) in [7, 11) is 0. The van der Waals surface area contributed by atoms with Crippen molar-refractivity contribution < 1.29 is 0 Å². The number of nitrogens with one attached hydrogen (secondary N) is 5. The Bertz CT molecular complexity index is 4200. The fourth-order valence-corrected chi connectivity index (χ4v) is 11.3. The van der Waals surface area contributed by atoms with Gasteiger partial charge in [0.2, 0.25) is 0 Å². The predicted octanol–water partition coefficient (Wildman–Crippen LogP) is 16.5. The molecule has 0 spiro atoms. The largest absolute Gasteiger partial charge is 0.354 e. The molecule has 0 aliphatic rings. The first-order valence-corrected chi connectivity index (χ1v) is 22.3. The van der Waals surface area contributed by atoms with E-state index in [2.05, 4.69) is 219 Å². The minimum atomic E-state index is 1.09. The molecule has 5 aromatic heterocycles. The quantitative estimate of drug-likeness (QED) is 0.117. The highest BCUT2D eigenvalue weighted by Gasteiger charge is 2.23. The molecule has 15 rings (SSSR count). The first-order valence-electron chi connectivity index (χ1n) is 22.3. The van der Waals surface area contributed by atoms with Gasteiger partial charge in [0.25, 0.3) is 0 Å². The lowest BCUT2D eigenvalue weighted by atomic mass is 9.89. The van der Waals surface area contributed by atoms with Crippen molar-refractivity contribution in [2.45, 2.75) is 0 Å². The Labute approximate surface area is 371 Å². The van der Waals surface area contributed by atoms with E-state index >= 15 is 0 Å². The Hall–Kier alpha value is -8.80. The molecule has 0 saturated heterocycles. The number of hydrogen-bond acceptors (Lipinski definition) is 0. The van der Waals surface area contributed by atoms with Crippen LogP contribution in [0.15, 0.2) is 194 Å². The third-order valence-electron chi connectivity index (χ3n) is 14.2. The van der Waals surface area contributed by atoms with E-state index in [1.165, 1.54) is 98.4 Å². The lowest BCUT2D eigenvalue weighted by Crippen LogP contribution is -1.90. The molecule has 5 heteroatoms. The summed E-state index contributed by atoms with van der Waals surface area (Å²) in [5.41, 5.74) is 20.6. The second-order valence-corrected chi connectivity index (χ2v) is 17.6. The molecule has 0 amide bonds. The first kappa shape index (κ1) is 34.7. The Morgan fingerprint density at radius 2 is 0.431 bits per heavy atom. The van der Waals surface area contributed by atoms with Crippen molar-refractivity contribution in [2.24, 2.45) is 0 Å². The summed E-state index contributed by atoms with van der Waals surface area (Å²) in [6, 6.07) is 71.1. The third-order valence-corrected chi connectivity index (χ3v) is 14.2. The summed E-state index contributed by atoms with van der Waals surface area (Å²) >= 11 is 0. The van der Waals surface area contributed by atoms with Crippen LogP contribution in [0.2, 0.25) is 0 Å². The van der Waals surface area contributed by atoms with Crippen molar-refractivity contribution in [2.75, 3.05) is 0 Å². The molecule has 302 valence electrons. The first-order chi connectivity index (χ1) is 32.2. The van der Waals surface area contributed by atoms with Gasteiger partial charge in [0.1, 0.15) is 0 Å². The highest BCUT2D eigenvalue weighted by Crippen LogP contribution is 2.48. The van der Waals surface area contributed by atoms with Crippen LogP contribution in [-0.2, 0) is 0 Å². The summed E-state index contributed by atoms with van der Waals surface area (Å²) < 4.78 is 0. The number of benzene rings is 10. The fraction of sp³-hybridized carbons (Fsp3) is 0. The molecule has 0 radical (unpaired) electrons. The molecule has 15 aromatic rings. The third kappa shape index (κ3) is 4.87. The normalized spacial score (nSPS) is 12.3. The van der Waals surface area contributed by atoms with Crippen molar-refractivity contribution in [3.05, 3.63) is 194 Å². The van der Waals surface area contributed by atoms with Crippen LogP contribution in [0.5, 0.6) is 0 Å². The van der Waals surface area contributed by atoms with E-state index in [-0.39, 0.29) is 0 Å². The molecule has 0 atom stereocenters. The van der Waals surface area contributed by atoms with E-state index < -0.39 is 0 Å². The number of para-hydroxylation sites is 8. The number of rotatable bonds is 4. The van der Waals surface area contributed by atoms with Gasteiger partial charge in [0, 0.05) is 109 Å². The van der Waals surface area contributed by atoms with Gasteiger partial charge in [0.15, 0.2) is 0 Å². The molecular weight excluding hydrogens is 791 g/mol. The van der Waals surface area contributed by atoms with Crippen LogP contribution in [0.25, 0.3) is 154 Å². The van der Waals surface area contributed by atoms with Gasteiger partial charge in [-0.2, -0.15) is 0 Å². The molecule has 5 nitrogen and oxygen atoms in total. The SMILES string of the molecule is c1ccc2c(c1)[nH]c1c(-c3cc4[nH]c5cc(-c6cccc7c6[nH]c6ccccc67)c(-c6cccc7c6[nH]c6ccccc67)cc5c4cc3-c3cccc4c3[nH]c3ccccc34)cccc12. The van der Waals surface area contributed by atoms with Crippen molar-refractivity contribution >= 4 is 109 Å². The van der Waals surface area contributed by atoms with Gasteiger partial charge in [-0.1, -0.05) is 146 Å². The van der Waals surface area contributed by atoms with Crippen molar-refractivity contribution in [3.8, 4) is 44.5 Å². The Balaban J connectivity index is 1.07. The number of fused-ring (bicyclic) bond motifs is 15. The lowest BCUT2D eigenvalue weighted by Gasteiger charge is -2.15. The van der Waals surface area contributed by atoms with Gasteiger partial charge in [0.05, 0.1) is 22.1 Å². The van der Waals surface area contributed by atoms with Gasteiger partial charge >= 0.3 is 0 Å². The standard InChI is InChI=1S/C60H37N5/c1-5-25-51-33(13-1)37-17-9-21-41(57(37)62-51)45-29-49-50-30-46(42-22-10-18-38-34-14-2-6-26-52(34)63-58(38)42)48(44-24-12-20-40-36-16-4-8-28-54(36)65-60(40)44)32-56(50)61-55(49)31-47(45)43-23-11-19-39-35-15-3-7-27-53(35)64-59(39)43/h1-32,61-65H. The second-order valence-electron chi connectivity index (χ2n) is 17.6. The highest BCUT2D eigenvalue weighted by molar-refractivity contribution is 6.22. The van der Waals surface area contributed by atoms with Crippen LogP contribution in [-0.4, -0.2) is 24.9 Å². The van der Waals surface area contributed by atoms with Crippen molar-refractivity contribution in [1.82, 2.24) is 24.9 Å². The maximum atomic E-state index is 3.99. The van der Waals surface area contributed by atoms with E-state index in [9.17, 15) is 0 Å². The van der Waals surface area contributed by atoms with Crippen LogP contribution in [0.3, 0.4) is 0 Å². The average Bonchev–Trinajstić information content (AvgIpc) is 4.19. The zero-order valence-electron chi connectivity index (χ0n) is 35.0. The summed E-state index contributed by atoms with van der Waals surface area (Å²) in [4.78, 5) is 19.3. The second kappa shape index (κ2) is 12.9. The highest BCUT2D eigenvalue weighted by atomic mass is 14.7. The van der Waals surface area contributed by atoms with E-state index in [0.717, 1.165) is 55.2 Å². The summed E-state index contributed by atoms with van der Waals surface area (Å²) in [5, 5.41) is 12.1. The molecule has 10 aromatic carbocycles. The molecule has 0 aliphatic heterocycles. The van der Waals surface area contributed by atoms with Crippen molar-refractivity contribution in [3.63, 3.8) is 0 Å². The molecule has 0 bridgehead atoms. The topological polar surface area (TPSA) is 78.9 Å². The molecule has 5 heterocycles. The maximum Gasteiger partial charge on any atom is 0.0544 e. The number of H-pyrrole nitrogens is 5. The summed E-state index contributed by atoms with van der Waals surface area (Å²) in [6.45, 7) is 0. The fourth-order valence-electron chi connectivity index (χ4n) is 11.3. The molecule has 5 N–H and O–H groups in total. The van der Waals surface area contributed by atoms with E-state index in [0.29, 0.717) is 0 Å². The van der Waals surface area contributed by atoms with Gasteiger partial charge in [-0.25, -0.2) is 0 Å². The van der Waals surface area contributed by atoms with Crippen LogP contribution < -0.4 is 0 Å².